The third-order valence-corrected chi connectivity index (χ3v) is 4.89. The van der Waals surface area contributed by atoms with Crippen LogP contribution in [0.3, 0.4) is 0 Å². The summed E-state index contributed by atoms with van der Waals surface area (Å²) in [5.74, 6) is 0. The first-order valence-electron chi connectivity index (χ1n) is 5.84. The van der Waals surface area contributed by atoms with Crippen molar-refractivity contribution in [3.8, 4) is 0 Å². The van der Waals surface area contributed by atoms with Crippen molar-refractivity contribution in [2.24, 2.45) is 5.73 Å². The van der Waals surface area contributed by atoms with Gasteiger partial charge in [0.1, 0.15) is 0 Å². The minimum Gasteiger partial charge on any atom is -0.393 e. The van der Waals surface area contributed by atoms with Gasteiger partial charge in [0.25, 0.3) is 0 Å². The number of nitrogens with two attached hydrogens (primary N) is 1. The second-order valence-electron chi connectivity index (χ2n) is 4.49. The van der Waals surface area contributed by atoms with Crippen LogP contribution in [0.25, 0.3) is 0 Å². The van der Waals surface area contributed by atoms with Crippen molar-refractivity contribution < 1.29 is 5.11 Å². The van der Waals surface area contributed by atoms with E-state index in [1.807, 2.05) is 6.92 Å². The van der Waals surface area contributed by atoms with Gasteiger partial charge in [-0.2, -0.15) is 0 Å². The number of aliphatic hydroxyl groups excluding tert-OH is 1. The molecule has 4 N–H and O–H groups in total. The minimum absolute atomic E-state index is 0.166. The van der Waals surface area contributed by atoms with Crippen LogP contribution in [0.4, 0.5) is 0 Å². The molecule has 3 unspecified atom stereocenters. The lowest BCUT2D eigenvalue weighted by Gasteiger charge is -2.22. The molecule has 0 saturated heterocycles. The molecule has 0 spiro atoms. The summed E-state index contributed by atoms with van der Waals surface area (Å²) in [5, 5.41) is 12.8. The molecule has 0 saturated carbocycles. The maximum absolute atomic E-state index is 9.35. The lowest BCUT2D eigenvalue weighted by molar-refractivity contribution is 0.168. The average molecular weight is 321 g/mol. The monoisotopic (exact) mass is 320 g/mol. The van der Waals surface area contributed by atoms with Gasteiger partial charge < -0.3 is 16.2 Å². The van der Waals surface area contributed by atoms with E-state index >= 15 is 0 Å². The Balaban J connectivity index is 2.65. The fraction of sp³-hybridized carbons (Fsp3) is 0.667. The van der Waals surface area contributed by atoms with E-state index in [1.165, 1.54) is 9.75 Å². The second-order valence-corrected chi connectivity index (χ2v) is 6.64. The molecule has 98 valence electrons. The Bertz CT molecular complexity index is 335. The van der Waals surface area contributed by atoms with Gasteiger partial charge in [0.15, 0.2) is 0 Å². The Kier molecular flexibility index (Phi) is 6.09. The highest BCUT2D eigenvalue weighted by Crippen LogP contribution is 2.30. The molecule has 1 aromatic rings. The van der Waals surface area contributed by atoms with Gasteiger partial charge >= 0.3 is 0 Å². The maximum Gasteiger partial charge on any atom is 0.0541 e. The summed E-state index contributed by atoms with van der Waals surface area (Å²) in [6.07, 6.45) is 0.454. The van der Waals surface area contributed by atoms with Crippen molar-refractivity contribution in [3.05, 3.63) is 20.3 Å². The zero-order valence-corrected chi connectivity index (χ0v) is 12.9. The Morgan fingerprint density at radius 1 is 1.53 bits per heavy atom. The lowest BCUT2D eigenvalue weighted by atomic mass is 10.1. The number of hydrogen-bond acceptors (Lipinski definition) is 4. The predicted molar refractivity (Wildman–Crippen MR) is 77.4 cm³/mol. The molecule has 0 amide bonds. The van der Waals surface area contributed by atoms with Crippen molar-refractivity contribution in [3.63, 3.8) is 0 Å². The average Bonchev–Trinajstić information content (AvgIpc) is 2.54. The largest absolute Gasteiger partial charge is 0.393 e. The van der Waals surface area contributed by atoms with Crippen LogP contribution in [-0.4, -0.2) is 23.8 Å². The van der Waals surface area contributed by atoms with Crippen LogP contribution in [0.2, 0.25) is 0 Å². The Morgan fingerprint density at radius 2 is 2.18 bits per heavy atom. The molecule has 1 rings (SSSR count). The molecule has 3 nitrogen and oxygen atoms in total. The minimum atomic E-state index is -0.285. The van der Waals surface area contributed by atoms with Crippen molar-refractivity contribution in [2.75, 3.05) is 6.54 Å². The first kappa shape index (κ1) is 15.1. The van der Waals surface area contributed by atoms with Gasteiger partial charge in [0.2, 0.25) is 0 Å². The smallest absolute Gasteiger partial charge is 0.0541 e. The summed E-state index contributed by atoms with van der Waals surface area (Å²) in [7, 11) is 0. The van der Waals surface area contributed by atoms with E-state index in [0.29, 0.717) is 6.54 Å². The van der Waals surface area contributed by atoms with Crippen molar-refractivity contribution >= 4 is 27.3 Å². The van der Waals surface area contributed by atoms with Crippen LogP contribution in [0, 0.1) is 6.92 Å². The molecule has 0 aliphatic heterocycles. The van der Waals surface area contributed by atoms with E-state index in [9.17, 15) is 5.11 Å². The summed E-state index contributed by atoms with van der Waals surface area (Å²) in [6, 6.07) is 2.54. The van der Waals surface area contributed by atoms with E-state index in [0.717, 1.165) is 10.9 Å². The van der Waals surface area contributed by atoms with Crippen LogP contribution < -0.4 is 11.1 Å². The summed E-state index contributed by atoms with van der Waals surface area (Å²) in [6.45, 7) is 6.54. The number of aliphatic hydroxyl groups is 1. The van der Waals surface area contributed by atoms with Gasteiger partial charge in [-0.05, 0) is 49.2 Å². The van der Waals surface area contributed by atoms with Crippen molar-refractivity contribution in [1.29, 1.82) is 0 Å². The van der Waals surface area contributed by atoms with Gasteiger partial charge in [0, 0.05) is 26.8 Å². The topological polar surface area (TPSA) is 58.3 Å². The van der Waals surface area contributed by atoms with E-state index in [1.54, 1.807) is 11.3 Å². The molecule has 0 aliphatic rings. The maximum atomic E-state index is 9.35. The molecule has 0 radical (unpaired) electrons. The van der Waals surface area contributed by atoms with Crippen LogP contribution in [0.1, 0.15) is 36.1 Å². The Morgan fingerprint density at radius 3 is 2.59 bits per heavy atom. The summed E-state index contributed by atoms with van der Waals surface area (Å²) < 4.78 is 1.14. The number of halogens is 1. The summed E-state index contributed by atoms with van der Waals surface area (Å²) in [4.78, 5) is 2.51. The quantitative estimate of drug-likeness (QED) is 0.755. The molecule has 0 bridgehead atoms. The van der Waals surface area contributed by atoms with E-state index < -0.39 is 0 Å². The highest BCUT2D eigenvalue weighted by Gasteiger charge is 2.16. The van der Waals surface area contributed by atoms with Crippen LogP contribution in [-0.2, 0) is 0 Å². The zero-order valence-electron chi connectivity index (χ0n) is 10.5. The van der Waals surface area contributed by atoms with Crippen LogP contribution >= 0.6 is 27.3 Å². The number of thiophene rings is 1. The number of hydrogen-bond donors (Lipinski definition) is 3. The van der Waals surface area contributed by atoms with Gasteiger partial charge in [-0.1, -0.05) is 0 Å². The molecule has 5 heteroatoms. The SMILES string of the molecule is Cc1sc(C(CN)NC(C)CC(C)O)cc1Br. The molecule has 1 heterocycles. The molecular formula is C12H21BrN2OS. The van der Waals surface area contributed by atoms with Gasteiger partial charge in [-0.25, -0.2) is 0 Å². The third-order valence-electron chi connectivity index (χ3n) is 2.64. The number of aryl methyl sites for hydroxylation is 1. The molecule has 3 atom stereocenters. The van der Waals surface area contributed by atoms with Crippen LogP contribution in [0.5, 0.6) is 0 Å². The third kappa shape index (κ3) is 4.67. The first-order chi connectivity index (χ1) is 7.93. The van der Waals surface area contributed by atoms with E-state index in [2.05, 4.69) is 41.2 Å². The normalized spacial score (nSPS) is 16.8. The lowest BCUT2D eigenvalue weighted by Crippen LogP contribution is -2.36. The fourth-order valence-electron chi connectivity index (χ4n) is 1.84. The molecule has 1 aromatic heterocycles. The highest BCUT2D eigenvalue weighted by atomic mass is 79.9. The molecule has 0 aliphatic carbocycles. The van der Waals surface area contributed by atoms with Gasteiger partial charge in [-0.15, -0.1) is 11.3 Å². The van der Waals surface area contributed by atoms with Crippen molar-refractivity contribution in [1.82, 2.24) is 5.32 Å². The first-order valence-corrected chi connectivity index (χ1v) is 7.45. The van der Waals surface area contributed by atoms with E-state index in [4.69, 9.17) is 5.73 Å². The summed E-state index contributed by atoms with van der Waals surface area (Å²) in [5.41, 5.74) is 5.81. The molecular weight excluding hydrogens is 300 g/mol. The molecule has 0 aromatic carbocycles. The number of rotatable bonds is 6. The highest BCUT2D eigenvalue weighted by molar-refractivity contribution is 9.10. The summed E-state index contributed by atoms with van der Waals surface area (Å²) >= 11 is 5.28. The number of nitrogens with one attached hydrogen (secondary N) is 1. The van der Waals surface area contributed by atoms with Gasteiger partial charge in [-0.3, -0.25) is 0 Å². The zero-order chi connectivity index (χ0) is 13.0. The van der Waals surface area contributed by atoms with Crippen LogP contribution in [0.15, 0.2) is 10.5 Å². The second kappa shape index (κ2) is 6.85. The predicted octanol–water partition coefficient (Wildman–Crippen LogP) is 2.57. The molecule has 0 fully saturated rings. The Hall–Kier alpha value is 0.0600. The van der Waals surface area contributed by atoms with E-state index in [-0.39, 0.29) is 18.2 Å². The van der Waals surface area contributed by atoms with Gasteiger partial charge in [0.05, 0.1) is 12.1 Å². The Labute approximate surface area is 116 Å². The van der Waals surface area contributed by atoms with Crippen molar-refractivity contribution in [2.45, 2.75) is 45.4 Å². The standard InChI is InChI=1S/C12H21BrN2OS/c1-7(4-8(2)16)15-11(6-14)12-5-10(13)9(3)17-12/h5,7-8,11,15-16H,4,6,14H2,1-3H3. The molecule has 17 heavy (non-hydrogen) atoms. The fourth-order valence-corrected chi connectivity index (χ4v) is 3.48.